The maximum Gasteiger partial charge on any atom is 0.211 e. The summed E-state index contributed by atoms with van der Waals surface area (Å²) in [5.74, 6) is 0.357. The molecule has 8 nitrogen and oxygen atoms in total. The highest BCUT2D eigenvalue weighted by atomic mass is 127. The summed E-state index contributed by atoms with van der Waals surface area (Å²) in [5, 5.41) is 0.721. The van der Waals surface area contributed by atoms with E-state index in [1.165, 1.54) is 27.4 Å². The van der Waals surface area contributed by atoms with Gasteiger partial charge in [0.05, 0.1) is 5.75 Å². The quantitative estimate of drug-likeness (QED) is 0.440. The first-order chi connectivity index (χ1) is 13.9. The van der Waals surface area contributed by atoms with Crippen molar-refractivity contribution in [3.05, 3.63) is 33.2 Å². The summed E-state index contributed by atoms with van der Waals surface area (Å²) in [6, 6.07) is 4.50. The minimum Gasteiger partial charge on any atom is -0.382 e. The maximum absolute atomic E-state index is 11.8. The van der Waals surface area contributed by atoms with E-state index in [0.717, 1.165) is 22.9 Å². The first-order valence-corrected chi connectivity index (χ1v) is 12.9. The molecule has 0 unspecified atom stereocenters. The van der Waals surface area contributed by atoms with Gasteiger partial charge in [-0.05, 0) is 72.0 Å². The van der Waals surface area contributed by atoms with Gasteiger partial charge >= 0.3 is 0 Å². The predicted molar refractivity (Wildman–Crippen MR) is 123 cm³/mol. The minimum atomic E-state index is -3.27. The van der Waals surface area contributed by atoms with Gasteiger partial charge in [-0.3, -0.25) is 0 Å². The van der Waals surface area contributed by atoms with E-state index in [-0.39, 0.29) is 12.3 Å². The summed E-state index contributed by atoms with van der Waals surface area (Å²) in [5.41, 5.74) is 9.96. The second-order valence-electron chi connectivity index (χ2n) is 6.78. The summed E-state index contributed by atoms with van der Waals surface area (Å²) >= 11 is 3.91. The number of nitrogens with two attached hydrogens (primary N) is 1. The number of aromatic nitrogens is 4. The Morgan fingerprint density at radius 1 is 1.28 bits per heavy atom. The number of benzene rings is 1. The number of fused-ring (bicyclic) bond motifs is 2. The first kappa shape index (κ1) is 20.8. The number of imidazole rings is 1. The van der Waals surface area contributed by atoms with Crippen molar-refractivity contribution >= 4 is 61.4 Å². The van der Waals surface area contributed by atoms with Gasteiger partial charge in [-0.25, -0.2) is 28.1 Å². The highest BCUT2D eigenvalue weighted by Crippen LogP contribution is 2.36. The van der Waals surface area contributed by atoms with E-state index in [2.05, 4.69) is 54.4 Å². The molecular formula is C18H21IN6O2S2. The second-order valence-corrected chi connectivity index (χ2v) is 11.0. The summed E-state index contributed by atoms with van der Waals surface area (Å²) in [7, 11) is -3.27. The lowest BCUT2D eigenvalue weighted by molar-refractivity contribution is 0.569. The number of nitrogens with one attached hydrogen (secondary N) is 1. The topological polar surface area (TPSA) is 116 Å². The Morgan fingerprint density at radius 3 is 2.79 bits per heavy atom. The van der Waals surface area contributed by atoms with Crippen LogP contribution in [0, 0.1) is 3.57 Å². The molecule has 11 heteroatoms. The molecule has 0 amide bonds. The monoisotopic (exact) mass is 544 g/mol. The van der Waals surface area contributed by atoms with Crippen LogP contribution in [0.2, 0.25) is 0 Å². The van der Waals surface area contributed by atoms with Crippen LogP contribution in [0.1, 0.15) is 24.5 Å². The molecular weight excluding hydrogens is 523 g/mol. The molecule has 0 spiro atoms. The second kappa shape index (κ2) is 8.36. The SMILES string of the molecule is CCS(=O)(=O)NCCn1c(Sc2cc3c(cc2I)CCC3)nc2c(N)ncnc21. The van der Waals surface area contributed by atoms with Crippen molar-refractivity contribution < 1.29 is 8.42 Å². The summed E-state index contributed by atoms with van der Waals surface area (Å²) in [6.07, 6.45) is 4.84. The Kier molecular flexibility index (Phi) is 6.00. The lowest BCUT2D eigenvalue weighted by atomic mass is 10.1. The molecule has 29 heavy (non-hydrogen) atoms. The fraction of sp³-hybridized carbons (Fsp3) is 0.389. The van der Waals surface area contributed by atoms with Crippen LogP contribution >= 0.6 is 34.4 Å². The van der Waals surface area contributed by atoms with Crippen molar-refractivity contribution in [2.75, 3.05) is 18.0 Å². The Morgan fingerprint density at radius 2 is 2.03 bits per heavy atom. The number of halogens is 1. The molecule has 2 heterocycles. The van der Waals surface area contributed by atoms with Gasteiger partial charge in [-0.1, -0.05) is 11.8 Å². The number of anilines is 1. The molecule has 0 fully saturated rings. The van der Waals surface area contributed by atoms with E-state index < -0.39 is 10.0 Å². The molecule has 3 aromatic rings. The van der Waals surface area contributed by atoms with Gasteiger partial charge in [0.2, 0.25) is 10.0 Å². The molecule has 1 aromatic carbocycles. The van der Waals surface area contributed by atoms with Crippen molar-refractivity contribution in [2.24, 2.45) is 0 Å². The van der Waals surface area contributed by atoms with Crippen LogP contribution in [0.4, 0.5) is 5.82 Å². The fourth-order valence-corrected chi connectivity index (χ4v) is 5.82. The normalized spacial score (nSPS) is 13.9. The molecule has 154 valence electrons. The van der Waals surface area contributed by atoms with E-state index in [4.69, 9.17) is 5.73 Å². The average Bonchev–Trinajstić information content (AvgIpc) is 3.27. The van der Waals surface area contributed by atoms with E-state index in [9.17, 15) is 8.42 Å². The Hall–Kier alpha value is -1.44. The number of nitrogens with zero attached hydrogens (tertiary/aromatic N) is 4. The van der Waals surface area contributed by atoms with Crippen molar-refractivity contribution in [3.8, 4) is 0 Å². The van der Waals surface area contributed by atoms with Gasteiger partial charge in [0.25, 0.3) is 0 Å². The summed E-state index contributed by atoms with van der Waals surface area (Å²) in [4.78, 5) is 14.2. The number of rotatable bonds is 7. The van der Waals surface area contributed by atoms with E-state index in [1.54, 1.807) is 18.7 Å². The number of sulfonamides is 1. The zero-order chi connectivity index (χ0) is 20.6. The molecule has 0 atom stereocenters. The van der Waals surface area contributed by atoms with Crippen LogP contribution in [-0.2, 0) is 29.4 Å². The van der Waals surface area contributed by atoms with Crippen molar-refractivity contribution in [1.29, 1.82) is 0 Å². The van der Waals surface area contributed by atoms with Gasteiger partial charge in [0.15, 0.2) is 22.1 Å². The molecule has 0 bridgehead atoms. The summed E-state index contributed by atoms with van der Waals surface area (Å²) in [6.45, 7) is 2.26. The predicted octanol–water partition coefficient (Wildman–Crippen LogP) is 2.59. The van der Waals surface area contributed by atoms with Crippen LogP contribution in [0.5, 0.6) is 0 Å². The standard InChI is InChI=1S/C18H21IN6O2S2/c1-2-29(26,27)23-6-7-25-17-15(16(20)21-10-22-17)24-18(25)28-14-9-12-5-3-4-11(12)8-13(14)19/h8-10,23H,2-7H2,1H3,(H2,20,21,22). The Labute approximate surface area is 187 Å². The zero-order valence-electron chi connectivity index (χ0n) is 15.9. The molecule has 3 N–H and O–H groups in total. The van der Waals surface area contributed by atoms with Crippen LogP contribution in [0.25, 0.3) is 11.2 Å². The third-order valence-corrected chi connectivity index (χ3v) is 8.62. The average molecular weight is 544 g/mol. The van der Waals surface area contributed by atoms with Gasteiger partial charge < -0.3 is 10.3 Å². The van der Waals surface area contributed by atoms with Gasteiger partial charge in [0, 0.05) is 21.6 Å². The molecule has 0 radical (unpaired) electrons. The molecule has 1 aliphatic carbocycles. The van der Waals surface area contributed by atoms with Crippen molar-refractivity contribution in [2.45, 2.75) is 42.8 Å². The van der Waals surface area contributed by atoms with Gasteiger partial charge in [0.1, 0.15) is 6.33 Å². The zero-order valence-corrected chi connectivity index (χ0v) is 19.6. The van der Waals surface area contributed by atoms with Crippen molar-refractivity contribution in [3.63, 3.8) is 0 Å². The molecule has 1 aliphatic rings. The number of hydrogen-bond donors (Lipinski definition) is 2. The van der Waals surface area contributed by atoms with E-state index in [0.29, 0.717) is 23.5 Å². The third kappa shape index (κ3) is 4.37. The van der Waals surface area contributed by atoms with Crippen LogP contribution in [0.15, 0.2) is 28.5 Å². The van der Waals surface area contributed by atoms with Crippen LogP contribution in [0.3, 0.4) is 0 Å². The van der Waals surface area contributed by atoms with Crippen LogP contribution < -0.4 is 10.5 Å². The van der Waals surface area contributed by atoms with Crippen molar-refractivity contribution in [1.82, 2.24) is 24.2 Å². The fourth-order valence-electron chi connectivity index (χ4n) is 3.38. The lowest BCUT2D eigenvalue weighted by Gasteiger charge is -2.11. The summed E-state index contributed by atoms with van der Waals surface area (Å²) < 4.78 is 29.3. The Balaban J connectivity index is 1.69. The van der Waals surface area contributed by atoms with Gasteiger partial charge in [-0.15, -0.1) is 0 Å². The van der Waals surface area contributed by atoms with Gasteiger partial charge in [-0.2, -0.15) is 0 Å². The molecule has 0 saturated carbocycles. The molecule has 2 aromatic heterocycles. The first-order valence-electron chi connectivity index (χ1n) is 9.31. The Bertz CT molecular complexity index is 1180. The third-order valence-electron chi connectivity index (χ3n) is 4.91. The van der Waals surface area contributed by atoms with E-state index >= 15 is 0 Å². The van der Waals surface area contributed by atoms with E-state index in [1.807, 2.05) is 4.57 Å². The molecule has 0 saturated heterocycles. The smallest absolute Gasteiger partial charge is 0.211 e. The highest BCUT2D eigenvalue weighted by molar-refractivity contribution is 14.1. The molecule has 4 rings (SSSR count). The number of aryl methyl sites for hydroxylation is 2. The maximum atomic E-state index is 11.8. The number of nitrogen functional groups attached to an aromatic ring is 1. The minimum absolute atomic E-state index is 0.0434. The highest BCUT2D eigenvalue weighted by Gasteiger charge is 2.19. The molecule has 0 aliphatic heterocycles. The largest absolute Gasteiger partial charge is 0.382 e. The van der Waals surface area contributed by atoms with Crippen LogP contribution in [-0.4, -0.2) is 40.2 Å². The lowest BCUT2D eigenvalue weighted by Crippen LogP contribution is -2.28. The number of hydrogen-bond acceptors (Lipinski definition) is 7.